The molecule has 0 radical (unpaired) electrons. The highest BCUT2D eigenvalue weighted by Gasteiger charge is 2.20. The van der Waals surface area contributed by atoms with Crippen LogP contribution in [-0.2, 0) is 7.05 Å². The van der Waals surface area contributed by atoms with E-state index in [2.05, 4.69) is 10.1 Å². The first-order valence-corrected chi connectivity index (χ1v) is 5.20. The van der Waals surface area contributed by atoms with E-state index in [1.165, 1.54) is 17.1 Å². The molecule has 6 nitrogen and oxygen atoms in total. The summed E-state index contributed by atoms with van der Waals surface area (Å²) in [4.78, 5) is 15.8. The molecule has 18 heavy (non-hydrogen) atoms. The van der Waals surface area contributed by atoms with E-state index < -0.39 is 12.4 Å². The number of carbonyl (C=O) groups excluding carboxylic acids is 1. The first-order chi connectivity index (χ1) is 8.69. The Morgan fingerprint density at radius 3 is 3.06 bits per heavy atom. The van der Waals surface area contributed by atoms with Crippen LogP contribution in [0.5, 0.6) is 0 Å². The Balaban J connectivity index is 2.66. The van der Waals surface area contributed by atoms with E-state index in [9.17, 15) is 4.79 Å². The molecule has 0 aliphatic carbocycles. The number of nitriles is 1. The summed E-state index contributed by atoms with van der Waals surface area (Å²) in [5.74, 6) is -0.459. The van der Waals surface area contributed by atoms with Crippen molar-refractivity contribution in [1.29, 1.82) is 5.26 Å². The van der Waals surface area contributed by atoms with E-state index in [1.807, 2.05) is 6.07 Å². The second-order valence-corrected chi connectivity index (χ2v) is 3.62. The van der Waals surface area contributed by atoms with Crippen LogP contribution in [0.15, 0.2) is 24.5 Å². The lowest BCUT2D eigenvalue weighted by molar-refractivity contribution is 0.0895. The maximum Gasteiger partial charge on any atom is 0.206 e. The number of pyridine rings is 1. The van der Waals surface area contributed by atoms with Gasteiger partial charge in [0.15, 0.2) is 0 Å². The zero-order chi connectivity index (χ0) is 13.1. The summed E-state index contributed by atoms with van der Waals surface area (Å²) < 4.78 is 1.36. The zero-order valence-electron chi connectivity index (χ0n) is 9.66. The molecule has 0 aromatic carbocycles. The van der Waals surface area contributed by atoms with Gasteiger partial charge in [0.2, 0.25) is 5.78 Å². The fraction of sp³-hybridized carbons (Fsp3) is 0.167. The molecule has 0 saturated carbocycles. The van der Waals surface area contributed by atoms with Crippen molar-refractivity contribution in [1.82, 2.24) is 14.8 Å². The van der Waals surface area contributed by atoms with Crippen LogP contribution >= 0.6 is 0 Å². The molecule has 0 aliphatic rings. The molecule has 2 aromatic rings. The zero-order valence-corrected chi connectivity index (χ0v) is 9.66. The Morgan fingerprint density at radius 1 is 1.61 bits per heavy atom. The third-order valence-corrected chi connectivity index (χ3v) is 2.53. The minimum atomic E-state index is -0.610. The molecular weight excluding hydrogens is 232 g/mol. The van der Waals surface area contributed by atoms with Crippen molar-refractivity contribution in [3.63, 3.8) is 0 Å². The molecule has 2 heterocycles. The molecule has 0 saturated heterocycles. The lowest BCUT2D eigenvalue weighted by atomic mass is 10.1. The Bertz CT molecular complexity index is 640. The maximum absolute atomic E-state index is 11.7. The standard InChI is InChI=1S/C12H10N4O2/c1-16-12(10(18)7-17)9(6-15-16)11-8(5-13)3-2-4-14-11/h2-4,6,17H,7H2,1H3. The Labute approximate surface area is 103 Å². The highest BCUT2D eigenvalue weighted by Crippen LogP contribution is 2.24. The number of aliphatic hydroxyl groups excluding tert-OH is 1. The summed E-state index contributed by atoms with van der Waals surface area (Å²) in [6.45, 7) is -0.610. The molecule has 0 aliphatic heterocycles. The average molecular weight is 242 g/mol. The predicted molar refractivity (Wildman–Crippen MR) is 62.6 cm³/mol. The second kappa shape index (κ2) is 4.77. The van der Waals surface area contributed by atoms with Crippen LogP contribution in [0.1, 0.15) is 16.1 Å². The van der Waals surface area contributed by atoms with E-state index >= 15 is 0 Å². The van der Waals surface area contributed by atoms with Gasteiger partial charge in [-0.1, -0.05) is 0 Å². The number of rotatable bonds is 3. The van der Waals surface area contributed by atoms with E-state index in [4.69, 9.17) is 10.4 Å². The normalized spacial score (nSPS) is 10.1. The fourth-order valence-electron chi connectivity index (χ4n) is 1.73. The molecule has 1 N–H and O–H groups in total. The van der Waals surface area contributed by atoms with E-state index in [-0.39, 0.29) is 5.69 Å². The van der Waals surface area contributed by atoms with Gasteiger partial charge in [-0.2, -0.15) is 10.4 Å². The number of Topliss-reactive ketones (excluding diaryl/α,β-unsaturated/α-hetero) is 1. The van der Waals surface area contributed by atoms with Gasteiger partial charge >= 0.3 is 0 Å². The van der Waals surface area contributed by atoms with Gasteiger partial charge in [-0.3, -0.25) is 14.5 Å². The molecular formula is C12H10N4O2. The highest BCUT2D eigenvalue weighted by molar-refractivity contribution is 6.01. The summed E-state index contributed by atoms with van der Waals surface area (Å²) in [7, 11) is 1.60. The number of nitrogens with zero attached hydrogens (tertiary/aromatic N) is 4. The highest BCUT2D eigenvalue weighted by atomic mass is 16.3. The Hall–Kier alpha value is -2.52. The van der Waals surface area contributed by atoms with Crippen LogP contribution in [0.2, 0.25) is 0 Å². The van der Waals surface area contributed by atoms with Gasteiger partial charge in [0.05, 0.1) is 23.0 Å². The quantitative estimate of drug-likeness (QED) is 0.792. The van der Waals surface area contributed by atoms with Crippen molar-refractivity contribution >= 4 is 5.78 Å². The van der Waals surface area contributed by atoms with E-state index in [1.54, 1.807) is 19.2 Å². The van der Waals surface area contributed by atoms with Crippen molar-refractivity contribution in [2.75, 3.05) is 6.61 Å². The van der Waals surface area contributed by atoms with Gasteiger partial charge in [0.25, 0.3) is 0 Å². The largest absolute Gasteiger partial charge is 0.388 e. The van der Waals surface area contributed by atoms with Gasteiger partial charge in [-0.25, -0.2) is 0 Å². The van der Waals surface area contributed by atoms with Crippen LogP contribution in [0.4, 0.5) is 0 Å². The van der Waals surface area contributed by atoms with Crippen molar-refractivity contribution in [3.8, 4) is 17.3 Å². The van der Waals surface area contributed by atoms with Gasteiger partial charge < -0.3 is 5.11 Å². The molecule has 2 rings (SSSR count). The molecule has 6 heteroatoms. The minimum absolute atomic E-state index is 0.243. The smallest absolute Gasteiger partial charge is 0.206 e. The molecule has 2 aromatic heterocycles. The molecule has 0 atom stereocenters. The van der Waals surface area contributed by atoms with Crippen LogP contribution < -0.4 is 0 Å². The molecule has 0 amide bonds. The molecule has 0 unspecified atom stereocenters. The van der Waals surface area contributed by atoms with Gasteiger partial charge in [0, 0.05) is 13.2 Å². The number of hydrogen-bond acceptors (Lipinski definition) is 5. The molecule has 0 fully saturated rings. The third-order valence-electron chi connectivity index (χ3n) is 2.53. The van der Waals surface area contributed by atoms with Crippen LogP contribution in [0.25, 0.3) is 11.3 Å². The molecule has 0 bridgehead atoms. The maximum atomic E-state index is 11.7. The van der Waals surface area contributed by atoms with Gasteiger partial charge in [-0.15, -0.1) is 0 Å². The summed E-state index contributed by atoms with van der Waals surface area (Å²) in [5.41, 5.74) is 1.45. The van der Waals surface area contributed by atoms with Crippen molar-refractivity contribution in [2.45, 2.75) is 0 Å². The number of aliphatic hydroxyl groups is 1. The minimum Gasteiger partial charge on any atom is -0.388 e. The first kappa shape index (κ1) is 12.0. The molecule has 90 valence electrons. The summed E-state index contributed by atoms with van der Waals surface area (Å²) in [6.07, 6.45) is 3.00. The lowest BCUT2D eigenvalue weighted by Crippen LogP contribution is -2.12. The second-order valence-electron chi connectivity index (χ2n) is 3.62. The number of hydrogen-bond donors (Lipinski definition) is 1. The third kappa shape index (κ3) is 1.87. The van der Waals surface area contributed by atoms with Gasteiger partial charge in [0.1, 0.15) is 18.4 Å². The first-order valence-electron chi connectivity index (χ1n) is 5.20. The Kier molecular flexibility index (Phi) is 3.17. The number of ketones is 1. The van der Waals surface area contributed by atoms with Crippen LogP contribution in [0.3, 0.4) is 0 Å². The fourth-order valence-corrected chi connectivity index (χ4v) is 1.73. The average Bonchev–Trinajstić information content (AvgIpc) is 2.79. The lowest BCUT2D eigenvalue weighted by Gasteiger charge is -2.04. The van der Waals surface area contributed by atoms with Crippen LogP contribution in [0, 0.1) is 11.3 Å². The number of carbonyl (C=O) groups is 1. The van der Waals surface area contributed by atoms with Crippen molar-refractivity contribution in [3.05, 3.63) is 35.8 Å². The monoisotopic (exact) mass is 242 g/mol. The van der Waals surface area contributed by atoms with Crippen LogP contribution in [-0.4, -0.2) is 32.3 Å². The van der Waals surface area contributed by atoms with E-state index in [0.717, 1.165) is 0 Å². The van der Waals surface area contributed by atoms with Crippen molar-refractivity contribution in [2.24, 2.45) is 7.05 Å². The van der Waals surface area contributed by atoms with Crippen molar-refractivity contribution < 1.29 is 9.90 Å². The summed E-state index contributed by atoms with van der Waals surface area (Å²) >= 11 is 0. The number of aromatic nitrogens is 3. The Morgan fingerprint density at radius 2 is 2.39 bits per heavy atom. The number of aryl methyl sites for hydroxylation is 1. The topological polar surface area (TPSA) is 91.8 Å². The summed E-state index contributed by atoms with van der Waals surface area (Å²) in [5, 5.41) is 21.9. The SMILES string of the molecule is Cn1ncc(-c2ncccc2C#N)c1C(=O)CO. The molecule has 0 spiro atoms. The van der Waals surface area contributed by atoms with E-state index in [0.29, 0.717) is 16.8 Å². The summed E-state index contributed by atoms with van der Waals surface area (Å²) in [6, 6.07) is 5.27. The van der Waals surface area contributed by atoms with Gasteiger partial charge in [-0.05, 0) is 12.1 Å². The predicted octanol–water partition coefficient (Wildman–Crippen LogP) is 0.529.